The Morgan fingerprint density at radius 2 is 1.92 bits per heavy atom. The van der Waals surface area contributed by atoms with Gasteiger partial charge in [-0.05, 0) is 5.56 Å². The molecule has 2 heteroatoms. The summed E-state index contributed by atoms with van der Waals surface area (Å²) in [6, 6.07) is 7.46. The lowest BCUT2D eigenvalue weighted by Crippen LogP contribution is -1.83. The van der Waals surface area contributed by atoms with Crippen LogP contribution >= 0.6 is 12.6 Å². The van der Waals surface area contributed by atoms with Crippen LogP contribution in [0, 0.1) is 0 Å². The monoisotopic (exact) mass is 178 g/mol. The predicted octanol–water partition coefficient (Wildman–Crippen LogP) is 2.44. The van der Waals surface area contributed by atoms with Gasteiger partial charge in [0.2, 0.25) is 0 Å². The Bertz CT molecular complexity index is 292. The van der Waals surface area contributed by atoms with Gasteiger partial charge in [-0.1, -0.05) is 36.4 Å². The van der Waals surface area contributed by atoms with Crippen molar-refractivity contribution in [2.24, 2.45) is 0 Å². The number of rotatable bonds is 3. The molecule has 0 atom stereocenters. The molecule has 0 saturated heterocycles. The van der Waals surface area contributed by atoms with E-state index in [1.165, 1.54) is 0 Å². The maximum Gasteiger partial charge on any atom is 0.150 e. The van der Waals surface area contributed by atoms with Crippen molar-refractivity contribution in [2.45, 2.75) is 0 Å². The van der Waals surface area contributed by atoms with Gasteiger partial charge in [-0.25, -0.2) is 0 Å². The molecule has 0 heterocycles. The second-order valence-corrected chi connectivity index (χ2v) is 2.70. The number of hydrogen-bond donors (Lipinski definition) is 1. The highest BCUT2D eigenvalue weighted by atomic mass is 32.1. The van der Waals surface area contributed by atoms with E-state index in [-0.39, 0.29) is 0 Å². The summed E-state index contributed by atoms with van der Waals surface area (Å²) in [5.41, 5.74) is 1.66. The third-order valence-corrected chi connectivity index (χ3v) is 1.74. The van der Waals surface area contributed by atoms with Gasteiger partial charge >= 0.3 is 0 Å². The Morgan fingerprint density at radius 3 is 2.50 bits per heavy atom. The first-order valence-corrected chi connectivity index (χ1v) is 4.33. The Hall–Kier alpha value is -1.02. The van der Waals surface area contributed by atoms with Crippen LogP contribution in [0.5, 0.6) is 0 Å². The summed E-state index contributed by atoms with van der Waals surface area (Å²) in [6.07, 6.45) is 4.67. The lowest BCUT2D eigenvalue weighted by atomic mass is 10.1. The van der Waals surface area contributed by atoms with Gasteiger partial charge in [0.05, 0.1) is 0 Å². The topological polar surface area (TPSA) is 17.1 Å². The molecule has 0 N–H and O–H groups in total. The quantitative estimate of drug-likeness (QED) is 0.555. The Morgan fingerprint density at radius 1 is 1.25 bits per heavy atom. The van der Waals surface area contributed by atoms with Gasteiger partial charge in [0.15, 0.2) is 6.29 Å². The number of benzene rings is 1. The fourth-order valence-corrected chi connectivity index (χ4v) is 1.06. The van der Waals surface area contributed by atoms with Crippen LogP contribution in [0.2, 0.25) is 0 Å². The summed E-state index contributed by atoms with van der Waals surface area (Å²) in [7, 11) is 0. The summed E-state index contributed by atoms with van der Waals surface area (Å²) in [5.74, 6) is 0.688. The van der Waals surface area contributed by atoms with E-state index in [4.69, 9.17) is 0 Å². The zero-order valence-electron chi connectivity index (χ0n) is 6.60. The van der Waals surface area contributed by atoms with Crippen molar-refractivity contribution in [2.75, 3.05) is 5.75 Å². The van der Waals surface area contributed by atoms with E-state index in [1.807, 2.05) is 30.4 Å². The first kappa shape index (κ1) is 9.07. The molecule has 0 radical (unpaired) electrons. The average Bonchev–Trinajstić information content (AvgIpc) is 2.15. The molecule has 0 fully saturated rings. The molecular weight excluding hydrogens is 168 g/mol. The van der Waals surface area contributed by atoms with Gasteiger partial charge in [-0.2, -0.15) is 12.6 Å². The summed E-state index contributed by atoms with van der Waals surface area (Å²) in [4.78, 5) is 10.5. The molecule has 0 bridgehead atoms. The average molecular weight is 178 g/mol. The third-order valence-electron chi connectivity index (χ3n) is 1.53. The summed E-state index contributed by atoms with van der Waals surface area (Å²) >= 11 is 4.04. The Balaban J connectivity index is 2.96. The summed E-state index contributed by atoms with van der Waals surface area (Å²) in [6.45, 7) is 0. The molecule has 1 nitrogen and oxygen atoms in total. The number of carbonyl (C=O) groups excluding carboxylic acids is 1. The van der Waals surface area contributed by atoms with Crippen LogP contribution in [0.3, 0.4) is 0 Å². The predicted molar refractivity (Wildman–Crippen MR) is 54.7 cm³/mol. The molecule has 0 unspecified atom stereocenters. The van der Waals surface area contributed by atoms with E-state index < -0.39 is 0 Å². The molecule has 0 spiro atoms. The van der Waals surface area contributed by atoms with Gasteiger partial charge < -0.3 is 0 Å². The minimum Gasteiger partial charge on any atom is -0.298 e. The number of hydrogen-bond acceptors (Lipinski definition) is 2. The second-order valence-electron chi connectivity index (χ2n) is 2.33. The van der Waals surface area contributed by atoms with Crippen LogP contribution < -0.4 is 0 Å². The van der Waals surface area contributed by atoms with Crippen LogP contribution in [-0.2, 0) is 0 Å². The molecule has 1 aromatic carbocycles. The van der Waals surface area contributed by atoms with E-state index in [0.717, 1.165) is 17.4 Å². The number of aldehydes is 1. The maximum absolute atomic E-state index is 10.5. The van der Waals surface area contributed by atoms with Gasteiger partial charge in [-0.3, -0.25) is 4.79 Å². The molecule has 1 rings (SSSR count). The molecule has 0 aliphatic heterocycles. The van der Waals surface area contributed by atoms with Crippen molar-refractivity contribution in [1.82, 2.24) is 0 Å². The lowest BCUT2D eigenvalue weighted by Gasteiger charge is -1.95. The van der Waals surface area contributed by atoms with Crippen molar-refractivity contribution in [3.05, 3.63) is 41.5 Å². The zero-order valence-corrected chi connectivity index (χ0v) is 7.50. The summed E-state index contributed by atoms with van der Waals surface area (Å²) < 4.78 is 0. The molecule has 0 aliphatic rings. The van der Waals surface area contributed by atoms with Crippen LogP contribution in [0.4, 0.5) is 0 Å². The fraction of sp³-hybridized carbons (Fsp3) is 0.100. The Kier molecular flexibility index (Phi) is 3.61. The SMILES string of the molecule is O=Cc1ccccc1C=CCS. The van der Waals surface area contributed by atoms with E-state index in [1.54, 1.807) is 6.07 Å². The number of carbonyl (C=O) groups is 1. The van der Waals surface area contributed by atoms with Gasteiger partial charge in [-0.15, -0.1) is 0 Å². The molecule has 1 aromatic rings. The van der Waals surface area contributed by atoms with Gasteiger partial charge in [0.1, 0.15) is 0 Å². The van der Waals surface area contributed by atoms with Crippen LogP contribution in [0.15, 0.2) is 30.3 Å². The zero-order chi connectivity index (χ0) is 8.81. The Labute approximate surface area is 77.5 Å². The van der Waals surface area contributed by atoms with Crippen LogP contribution in [0.1, 0.15) is 15.9 Å². The standard InChI is InChI=1S/C10H10OS/c11-8-10-5-2-1-4-9(10)6-3-7-12/h1-6,8,12H,7H2. The van der Waals surface area contributed by atoms with E-state index >= 15 is 0 Å². The van der Waals surface area contributed by atoms with Gasteiger partial charge in [0, 0.05) is 11.3 Å². The lowest BCUT2D eigenvalue weighted by molar-refractivity contribution is 0.112. The molecule has 0 amide bonds. The molecule has 0 aliphatic carbocycles. The third kappa shape index (κ3) is 2.24. The highest BCUT2D eigenvalue weighted by Gasteiger charge is 1.93. The molecule has 0 saturated carbocycles. The highest BCUT2D eigenvalue weighted by molar-refractivity contribution is 7.80. The molecule has 12 heavy (non-hydrogen) atoms. The largest absolute Gasteiger partial charge is 0.298 e. The minimum absolute atomic E-state index is 0.688. The first-order chi connectivity index (χ1) is 5.88. The van der Waals surface area contributed by atoms with Crippen molar-refractivity contribution < 1.29 is 4.79 Å². The van der Waals surface area contributed by atoms with Gasteiger partial charge in [0.25, 0.3) is 0 Å². The number of thiol groups is 1. The first-order valence-electron chi connectivity index (χ1n) is 3.70. The molecule has 0 aromatic heterocycles. The fourth-order valence-electron chi connectivity index (χ4n) is 0.950. The minimum atomic E-state index is 0.688. The van der Waals surface area contributed by atoms with Crippen LogP contribution in [0.25, 0.3) is 6.08 Å². The van der Waals surface area contributed by atoms with Crippen LogP contribution in [-0.4, -0.2) is 12.0 Å². The normalized spacial score (nSPS) is 10.4. The smallest absolute Gasteiger partial charge is 0.150 e. The van der Waals surface area contributed by atoms with Crippen molar-refractivity contribution in [3.63, 3.8) is 0 Å². The van der Waals surface area contributed by atoms with Crippen molar-refractivity contribution in [3.8, 4) is 0 Å². The molecule has 62 valence electrons. The van der Waals surface area contributed by atoms with E-state index in [0.29, 0.717) is 5.75 Å². The maximum atomic E-state index is 10.5. The highest BCUT2D eigenvalue weighted by Crippen LogP contribution is 2.07. The van der Waals surface area contributed by atoms with E-state index in [9.17, 15) is 4.79 Å². The van der Waals surface area contributed by atoms with Crippen molar-refractivity contribution >= 4 is 25.0 Å². The van der Waals surface area contributed by atoms with E-state index in [2.05, 4.69) is 12.6 Å². The van der Waals surface area contributed by atoms with Crippen molar-refractivity contribution in [1.29, 1.82) is 0 Å². The summed E-state index contributed by atoms with van der Waals surface area (Å²) in [5, 5.41) is 0. The molecular formula is C10H10OS. The second kappa shape index (κ2) is 4.78.